The van der Waals surface area contributed by atoms with Crippen LogP contribution in [0.1, 0.15) is 20.8 Å². The first-order valence-corrected chi connectivity index (χ1v) is 7.85. The monoisotopic (exact) mass is 384 g/mol. The van der Waals surface area contributed by atoms with Gasteiger partial charge in [-0.1, -0.05) is 45.7 Å². The zero-order chi connectivity index (χ0) is 14.1. The fourth-order valence-electron chi connectivity index (χ4n) is 0.812. The van der Waals surface area contributed by atoms with Crippen LogP contribution in [0.15, 0.2) is 11.8 Å². The van der Waals surface area contributed by atoms with Crippen LogP contribution in [0.3, 0.4) is 0 Å². The van der Waals surface area contributed by atoms with Crippen molar-refractivity contribution >= 4 is 43.8 Å². The van der Waals surface area contributed by atoms with Gasteiger partial charge in [0, 0.05) is 10.7 Å². The Bertz CT molecular complexity index is 315. The van der Waals surface area contributed by atoms with Crippen LogP contribution in [0.5, 0.6) is 0 Å². The summed E-state index contributed by atoms with van der Waals surface area (Å²) in [4.78, 5) is 23.0. The lowest BCUT2D eigenvalue weighted by atomic mass is 10.2. The molecule has 0 aliphatic rings. The van der Waals surface area contributed by atoms with E-state index >= 15 is 0 Å². The fourth-order valence-corrected chi connectivity index (χ4v) is 1.34. The Morgan fingerprint density at radius 2 is 1.61 bits per heavy atom. The molecule has 0 spiro atoms. The van der Waals surface area contributed by atoms with Gasteiger partial charge in [0.2, 0.25) is 0 Å². The number of ether oxygens (including phenoxy) is 2. The topological polar surface area (TPSA) is 52.6 Å². The Morgan fingerprint density at radius 3 is 2.06 bits per heavy atom. The Kier molecular flexibility index (Phi) is 9.36. The lowest BCUT2D eigenvalue weighted by Gasteiger charge is -2.13. The summed E-state index contributed by atoms with van der Waals surface area (Å²) in [7, 11) is 0. The molecule has 0 aromatic carbocycles. The summed E-state index contributed by atoms with van der Waals surface area (Å²) in [5, 5.41) is 1.07. The van der Waals surface area contributed by atoms with Crippen LogP contribution >= 0.6 is 31.9 Å². The van der Waals surface area contributed by atoms with Gasteiger partial charge in [-0.25, -0.2) is 0 Å². The Labute approximate surface area is 124 Å². The first kappa shape index (κ1) is 17.6. The van der Waals surface area contributed by atoms with Crippen LogP contribution < -0.4 is 0 Å². The molecule has 0 radical (unpaired) electrons. The molecular formula is C12H18Br2O4. The number of allylic oxidation sites excluding steroid dienone is 1. The summed E-state index contributed by atoms with van der Waals surface area (Å²) >= 11 is 6.41. The Balaban J connectivity index is 4.22. The maximum absolute atomic E-state index is 11.5. The molecule has 0 heterocycles. The van der Waals surface area contributed by atoms with Crippen molar-refractivity contribution in [2.45, 2.75) is 20.8 Å². The molecule has 18 heavy (non-hydrogen) atoms. The van der Waals surface area contributed by atoms with Gasteiger partial charge >= 0.3 is 11.9 Å². The van der Waals surface area contributed by atoms with Crippen molar-refractivity contribution in [2.24, 2.45) is 11.8 Å². The third-order valence-electron chi connectivity index (χ3n) is 2.18. The van der Waals surface area contributed by atoms with E-state index in [0.29, 0.717) is 16.4 Å². The van der Waals surface area contributed by atoms with Crippen molar-refractivity contribution in [1.29, 1.82) is 0 Å². The lowest BCUT2D eigenvalue weighted by Crippen LogP contribution is -2.21. The highest BCUT2D eigenvalue weighted by atomic mass is 79.9. The zero-order valence-corrected chi connectivity index (χ0v) is 13.9. The van der Waals surface area contributed by atoms with E-state index in [2.05, 4.69) is 31.9 Å². The van der Waals surface area contributed by atoms with Crippen LogP contribution in [0.4, 0.5) is 0 Å². The van der Waals surface area contributed by atoms with Gasteiger partial charge in [0.15, 0.2) is 0 Å². The van der Waals surface area contributed by atoms with Crippen molar-refractivity contribution in [3.63, 3.8) is 0 Å². The average Bonchev–Trinajstić information content (AvgIpc) is 2.40. The highest BCUT2D eigenvalue weighted by molar-refractivity contribution is 9.09. The van der Waals surface area contributed by atoms with E-state index in [4.69, 9.17) is 9.47 Å². The fraction of sp³-hybridized carbons (Fsp3) is 0.667. The number of carbonyl (C=O) groups excluding carboxylic acids is 2. The first-order valence-electron chi connectivity index (χ1n) is 5.61. The molecule has 0 bridgehead atoms. The van der Waals surface area contributed by atoms with Gasteiger partial charge in [0.25, 0.3) is 0 Å². The summed E-state index contributed by atoms with van der Waals surface area (Å²) in [6.45, 7) is 5.21. The van der Waals surface area contributed by atoms with E-state index in [1.807, 2.05) is 0 Å². The summed E-state index contributed by atoms with van der Waals surface area (Å²) in [5.41, 5.74) is 0. The molecule has 0 aromatic heterocycles. The number of hydrogen-bond acceptors (Lipinski definition) is 4. The lowest BCUT2D eigenvalue weighted by molar-refractivity contribution is -0.151. The molecule has 6 heteroatoms. The molecule has 0 saturated heterocycles. The highest BCUT2D eigenvalue weighted by Crippen LogP contribution is 2.09. The largest absolute Gasteiger partial charge is 0.457 e. The van der Waals surface area contributed by atoms with Gasteiger partial charge in [-0.3, -0.25) is 9.59 Å². The number of rotatable bonds is 7. The summed E-state index contributed by atoms with van der Waals surface area (Å²) in [5.74, 6) is -0.777. The van der Waals surface area contributed by atoms with E-state index in [0.717, 1.165) is 0 Å². The number of carbonyl (C=O) groups is 2. The SMILES string of the molecule is CC=C(COC(=O)C(C)CBr)OC(=O)C(C)CBr. The molecule has 0 saturated carbocycles. The van der Waals surface area contributed by atoms with E-state index in [1.54, 1.807) is 26.8 Å². The highest BCUT2D eigenvalue weighted by Gasteiger charge is 2.17. The second-order valence-corrected chi connectivity index (χ2v) is 5.19. The zero-order valence-electron chi connectivity index (χ0n) is 10.7. The molecular weight excluding hydrogens is 368 g/mol. The van der Waals surface area contributed by atoms with Crippen LogP contribution in [-0.2, 0) is 19.1 Å². The minimum Gasteiger partial charge on any atom is -0.457 e. The molecule has 104 valence electrons. The third-order valence-corrected chi connectivity index (χ3v) is 4.12. The Morgan fingerprint density at radius 1 is 1.11 bits per heavy atom. The molecule has 0 N–H and O–H groups in total. The Hall–Kier alpha value is -0.360. The summed E-state index contributed by atoms with van der Waals surface area (Å²) in [6.07, 6.45) is 1.62. The van der Waals surface area contributed by atoms with Gasteiger partial charge in [-0.05, 0) is 13.0 Å². The number of alkyl halides is 2. The predicted octanol–water partition coefficient (Wildman–Crippen LogP) is 3.04. The standard InChI is InChI=1S/C12H18Br2O4/c1-4-10(18-12(16)9(3)6-14)7-17-11(15)8(2)5-13/h4,8-9H,5-7H2,1-3H3. The molecule has 2 atom stereocenters. The number of hydrogen-bond donors (Lipinski definition) is 0. The van der Waals surface area contributed by atoms with Crippen LogP contribution in [0.2, 0.25) is 0 Å². The number of esters is 2. The smallest absolute Gasteiger partial charge is 0.314 e. The molecule has 4 nitrogen and oxygen atoms in total. The van der Waals surface area contributed by atoms with Crippen molar-refractivity contribution in [3.8, 4) is 0 Å². The average molecular weight is 386 g/mol. The van der Waals surface area contributed by atoms with E-state index in [9.17, 15) is 9.59 Å². The minimum absolute atomic E-state index is 0.0204. The molecule has 0 rings (SSSR count). The second-order valence-electron chi connectivity index (χ2n) is 3.89. The minimum atomic E-state index is -0.343. The molecule has 0 amide bonds. The van der Waals surface area contributed by atoms with E-state index in [-0.39, 0.29) is 30.4 Å². The molecule has 0 aliphatic carbocycles. The quantitative estimate of drug-likeness (QED) is 0.384. The van der Waals surface area contributed by atoms with Crippen LogP contribution in [-0.4, -0.2) is 29.2 Å². The number of halogens is 2. The van der Waals surface area contributed by atoms with Crippen LogP contribution in [0.25, 0.3) is 0 Å². The molecule has 2 unspecified atom stereocenters. The first-order chi connectivity index (χ1) is 8.46. The second kappa shape index (κ2) is 9.55. The van der Waals surface area contributed by atoms with Crippen molar-refractivity contribution in [3.05, 3.63) is 11.8 Å². The van der Waals surface area contributed by atoms with Gasteiger partial charge in [-0.2, -0.15) is 0 Å². The van der Waals surface area contributed by atoms with Crippen molar-refractivity contribution in [1.82, 2.24) is 0 Å². The molecule has 0 fully saturated rings. The normalized spacial score (nSPS) is 14.8. The van der Waals surface area contributed by atoms with Crippen molar-refractivity contribution < 1.29 is 19.1 Å². The van der Waals surface area contributed by atoms with Crippen LogP contribution in [0, 0.1) is 11.8 Å². The third kappa shape index (κ3) is 6.54. The van der Waals surface area contributed by atoms with E-state index in [1.165, 1.54) is 0 Å². The maximum Gasteiger partial charge on any atom is 0.314 e. The summed E-state index contributed by atoms with van der Waals surface area (Å²) < 4.78 is 10.2. The van der Waals surface area contributed by atoms with Gasteiger partial charge < -0.3 is 9.47 Å². The van der Waals surface area contributed by atoms with Gasteiger partial charge in [0.05, 0.1) is 11.8 Å². The van der Waals surface area contributed by atoms with Crippen molar-refractivity contribution in [2.75, 3.05) is 17.3 Å². The van der Waals surface area contributed by atoms with E-state index < -0.39 is 0 Å². The van der Waals surface area contributed by atoms with Gasteiger partial charge in [0.1, 0.15) is 12.4 Å². The molecule has 0 aromatic rings. The molecule has 0 aliphatic heterocycles. The van der Waals surface area contributed by atoms with Gasteiger partial charge in [-0.15, -0.1) is 0 Å². The predicted molar refractivity (Wildman–Crippen MR) is 76.7 cm³/mol. The summed E-state index contributed by atoms with van der Waals surface area (Å²) in [6, 6.07) is 0. The maximum atomic E-state index is 11.5.